The number of carbonyl (C=O) groups excluding carboxylic acids is 2. The van der Waals surface area contributed by atoms with Gasteiger partial charge in [0.1, 0.15) is 6.29 Å². The van der Waals surface area contributed by atoms with E-state index in [0.29, 0.717) is 19.1 Å². The number of nitrogens with one attached hydrogen (secondary N) is 1. The molecule has 0 fully saturated rings. The molecule has 0 atom stereocenters. The first-order valence-corrected chi connectivity index (χ1v) is 8.86. The molecule has 7 heteroatoms. The van der Waals surface area contributed by atoms with Crippen LogP contribution in [-0.2, 0) is 9.59 Å². The molecular formula is C19H40N4O3. The number of amides is 1. The summed E-state index contributed by atoms with van der Waals surface area (Å²) in [5, 5.41) is 11.7. The molecule has 0 bridgehead atoms. The van der Waals surface area contributed by atoms with Crippen molar-refractivity contribution in [3.63, 3.8) is 0 Å². The fourth-order valence-electron chi connectivity index (χ4n) is 0.960. The van der Waals surface area contributed by atoms with Gasteiger partial charge in [0, 0.05) is 13.6 Å². The highest BCUT2D eigenvalue weighted by molar-refractivity contribution is 5.95. The number of rotatable bonds is 7. The molecule has 0 aromatic carbocycles. The maximum atomic E-state index is 11.5. The lowest BCUT2D eigenvalue weighted by Gasteiger charge is -2.13. The molecule has 0 rings (SSSR count). The van der Waals surface area contributed by atoms with Crippen LogP contribution >= 0.6 is 0 Å². The molecule has 0 aliphatic rings. The Labute approximate surface area is 159 Å². The number of hydrogen-bond acceptors (Lipinski definition) is 6. The van der Waals surface area contributed by atoms with Crippen molar-refractivity contribution in [2.45, 2.75) is 47.6 Å². The van der Waals surface area contributed by atoms with Gasteiger partial charge in [0.25, 0.3) is 5.91 Å². The normalized spacial score (nSPS) is 10.3. The maximum Gasteiger partial charge on any atom is 0.256 e. The zero-order valence-corrected chi connectivity index (χ0v) is 17.5. The van der Waals surface area contributed by atoms with Crippen molar-refractivity contribution in [3.8, 4) is 0 Å². The predicted octanol–water partition coefficient (Wildman–Crippen LogP) is 2.11. The van der Waals surface area contributed by atoms with Crippen LogP contribution in [0.5, 0.6) is 0 Å². The van der Waals surface area contributed by atoms with E-state index < -0.39 is 0 Å². The van der Waals surface area contributed by atoms with E-state index >= 15 is 0 Å². The number of likely N-dealkylation sites (N-methyl/N-ethyl adjacent to an activating group) is 2. The maximum absolute atomic E-state index is 11.5. The van der Waals surface area contributed by atoms with Crippen LogP contribution in [0.1, 0.15) is 41.5 Å². The van der Waals surface area contributed by atoms with Gasteiger partial charge in [-0.05, 0) is 37.9 Å². The Morgan fingerprint density at radius 1 is 1.23 bits per heavy atom. The average Bonchev–Trinajstić information content (AvgIpc) is 2.64. The largest absolute Gasteiger partial charge is 0.515 e. The van der Waals surface area contributed by atoms with Crippen molar-refractivity contribution >= 4 is 12.2 Å². The fourth-order valence-corrected chi connectivity index (χ4v) is 0.960. The van der Waals surface area contributed by atoms with Gasteiger partial charge in [-0.2, -0.15) is 0 Å². The number of nitrogens with two attached hydrogens (primary N) is 2. The monoisotopic (exact) mass is 372 g/mol. The van der Waals surface area contributed by atoms with E-state index in [9.17, 15) is 9.59 Å². The summed E-state index contributed by atoms with van der Waals surface area (Å²) < 4.78 is 0. The van der Waals surface area contributed by atoms with Crippen molar-refractivity contribution < 1.29 is 14.7 Å². The summed E-state index contributed by atoms with van der Waals surface area (Å²) in [6, 6.07) is 0.333. The molecular weight excluding hydrogens is 332 g/mol. The molecule has 0 unspecified atom stereocenters. The first-order chi connectivity index (χ1) is 12.3. The summed E-state index contributed by atoms with van der Waals surface area (Å²) in [4.78, 5) is 22.5. The van der Waals surface area contributed by atoms with Crippen molar-refractivity contribution in [2.24, 2.45) is 11.5 Å². The lowest BCUT2D eigenvalue weighted by molar-refractivity contribution is -0.125. The average molecular weight is 373 g/mol. The second kappa shape index (κ2) is 27.7. The van der Waals surface area contributed by atoms with Gasteiger partial charge < -0.3 is 31.6 Å². The number of aldehydes is 1. The summed E-state index contributed by atoms with van der Waals surface area (Å²) in [5.74, 6) is -0.225. The van der Waals surface area contributed by atoms with Crippen LogP contribution in [0.3, 0.4) is 0 Å². The minimum absolute atomic E-state index is 0.225. The van der Waals surface area contributed by atoms with E-state index in [1.807, 2.05) is 41.5 Å². The fraction of sp³-hybridized carbons (Fsp3) is 0.579. The number of aliphatic hydroxyl groups is 1. The van der Waals surface area contributed by atoms with Crippen molar-refractivity contribution in [3.05, 3.63) is 36.3 Å². The number of hydrogen-bond donors (Lipinski definition) is 4. The summed E-state index contributed by atoms with van der Waals surface area (Å²) in [6.45, 7) is 13.7. The minimum atomic E-state index is -0.225. The molecule has 7 nitrogen and oxygen atoms in total. The Kier molecular flexibility index (Phi) is 33.7. The highest BCUT2D eigenvalue weighted by Crippen LogP contribution is 2.01. The molecule has 0 saturated heterocycles. The van der Waals surface area contributed by atoms with Gasteiger partial charge in [-0.3, -0.25) is 4.79 Å². The molecule has 0 saturated carbocycles. The van der Waals surface area contributed by atoms with Crippen molar-refractivity contribution in [2.75, 3.05) is 26.7 Å². The molecule has 0 radical (unpaired) electrons. The summed E-state index contributed by atoms with van der Waals surface area (Å²) in [5.41, 5.74) is 10.4. The zero-order valence-electron chi connectivity index (χ0n) is 17.5. The molecule has 0 aliphatic carbocycles. The van der Waals surface area contributed by atoms with Crippen LogP contribution in [0.4, 0.5) is 0 Å². The van der Waals surface area contributed by atoms with Gasteiger partial charge in [-0.15, -0.1) is 0 Å². The first kappa shape index (κ1) is 31.6. The number of aliphatic hydroxyl groups excluding tert-OH is 1. The molecule has 26 heavy (non-hydrogen) atoms. The number of carbonyl (C=O) groups is 2. The van der Waals surface area contributed by atoms with Crippen LogP contribution in [-0.4, -0.2) is 54.9 Å². The Bertz CT molecular complexity index is 389. The molecule has 0 aliphatic heterocycles. The minimum Gasteiger partial charge on any atom is -0.515 e. The van der Waals surface area contributed by atoms with Gasteiger partial charge in [0.15, 0.2) is 0 Å². The van der Waals surface area contributed by atoms with Crippen molar-refractivity contribution in [1.82, 2.24) is 10.2 Å². The second-order valence-electron chi connectivity index (χ2n) is 4.87. The second-order valence-corrected chi connectivity index (χ2v) is 4.87. The van der Waals surface area contributed by atoms with E-state index in [4.69, 9.17) is 16.6 Å². The van der Waals surface area contributed by atoms with Crippen LogP contribution < -0.4 is 16.8 Å². The topological polar surface area (TPSA) is 122 Å². The highest BCUT2D eigenvalue weighted by Gasteiger charge is 2.09. The Hall–Kier alpha value is -2.12. The third-order valence-electron chi connectivity index (χ3n) is 2.18. The Morgan fingerprint density at radius 3 is 2.00 bits per heavy atom. The standard InChI is InChI=1S/C10H16N2O2.C4H9NO.C3H9N.C2H6/c1-3-12(2)10(14)9(8-13)6-4-5-7-11;1-2-5-3-4-6;1-3(2)4;1-2/h4-8,13H,3,11H2,1-2H3;4-5H,2-3H2,1H3;3H,4H2,1-2H3;1-2H3/b6-4-,7-5+,9-8-;;;. The van der Waals surface area contributed by atoms with Crippen LogP contribution in [0.15, 0.2) is 36.3 Å². The first-order valence-electron chi connectivity index (χ1n) is 8.86. The zero-order chi connectivity index (χ0) is 21.4. The summed E-state index contributed by atoms with van der Waals surface area (Å²) in [7, 11) is 1.67. The smallest absolute Gasteiger partial charge is 0.256 e. The number of allylic oxidation sites excluding steroid dienone is 2. The van der Waals surface area contributed by atoms with E-state index in [2.05, 4.69) is 5.32 Å². The molecule has 0 heterocycles. The third kappa shape index (κ3) is 29.8. The molecule has 0 aromatic rings. The van der Waals surface area contributed by atoms with Gasteiger partial charge in [0.2, 0.25) is 0 Å². The summed E-state index contributed by atoms with van der Waals surface area (Å²) >= 11 is 0. The van der Waals surface area contributed by atoms with Gasteiger partial charge >= 0.3 is 0 Å². The quantitative estimate of drug-likeness (QED) is 0.178. The lowest BCUT2D eigenvalue weighted by atomic mass is 10.2. The van der Waals surface area contributed by atoms with Gasteiger partial charge in [0.05, 0.1) is 18.4 Å². The Balaban J connectivity index is -0.000000166. The van der Waals surface area contributed by atoms with E-state index in [1.54, 1.807) is 19.2 Å². The van der Waals surface area contributed by atoms with E-state index in [1.165, 1.54) is 17.2 Å². The summed E-state index contributed by atoms with van der Waals surface area (Å²) in [6.07, 6.45) is 7.64. The van der Waals surface area contributed by atoms with Crippen molar-refractivity contribution in [1.29, 1.82) is 0 Å². The predicted molar refractivity (Wildman–Crippen MR) is 112 cm³/mol. The van der Waals surface area contributed by atoms with E-state index in [0.717, 1.165) is 19.1 Å². The van der Waals surface area contributed by atoms with Crippen LogP contribution in [0.25, 0.3) is 0 Å². The van der Waals surface area contributed by atoms with Gasteiger partial charge in [-0.1, -0.05) is 40.7 Å². The third-order valence-corrected chi connectivity index (χ3v) is 2.18. The molecule has 6 N–H and O–H groups in total. The molecule has 154 valence electrons. The molecule has 0 spiro atoms. The highest BCUT2D eigenvalue weighted by atomic mass is 16.2. The SMILES string of the molecule is CC.CC(C)N.CCN(C)C(=O)C(/C=C\C=C\N)=C\O.CCNCC=O. The van der Waals surface area contributed by atoms with Crippen LogP contribution in [0.2, 0.25) is 0 Å². The molecule has 0 aromatic heterocycles. The van der Waals surface area contributed by atoms with E-state index in [-0.39, 0.29) is 11.5 Å². The van der Waals surface area contributed by atoms with Gasteiger partial charge in [-0.25, -0.2) is 0 Å². The number of nitrogens with zero attached hydrogens (tertiary/aromatic N) is 1. The van der Waals surface area contributed by atoms with Crippen LogP contribution in [0, 0.1) is 0 Å². The Morgan fingerprint density at radius 2 is 1.73 bits per heavy atom. The lowest BCUT2D eigenvalue weighted by Crippen LogP contribution is -2.27. The molecule has 1 amide bonds.